The van der Waals surface area contributed by atoms with E-state index in [2.05, 4.69) is 14.9 Å². The van der Waals surface area contributed by atoms with Crippen LogP contribution in [0.4, 0.5) is 0 Å². The molecule has 7 nitrogen and oxygen atoms in total. The summed E-state index contributed by atoms with van der Waals surface area (Å²) in [5.74, 6) is 0.879. The van der Waals surface area contributed by atoms with Crippen LogP contribution in [0.3, 0.4) is 0 Å². The van der Waals surface area contributed by atoms with Gasteiger partial charge in [-0.3, -0.25) is 4.98 Å². The third kappa shape index (κ3) is 3.24. The highest BCUT2D eigenvalue weighted by atomic mass is 32.2. The van der Waals surface area contributed by atoms with Crippen LogP contribution in [0.15, 0.2) is 45.9 Å². The van der Waals surface area contributed by atoms with Gasteiger partial charge in [-0.05, 0) is 26.0 Å². The van der Waals surface area contributed by atoms with Gasteiger partial charge in [0.05, 0.1) is 0 Å². The monoisotopic (exact) mass is 347 g/mol. The number of pyridine rings is 1. The van der Waals surface area contributed by atoms with E-state index in [-0.39, 0.29) is 23.8 Å². The number of rotatable bonds is 6. The Morgan fingerprint density at radius 3 is 2.75 bits per heavy atom. The molecular weight excluding hydrogens is 330 g/mol. The van der Waals surface area contributed by atoms with Crippen LogP contribution in [0.25, 0.3) is 10.9 Å². The lowest BCUT2D eigenvalue weighted by atomic mass is 10.2. The normalized spacial score (nSPS) is 11.8. The number of nitrogens with one attached hydrogen (secondary N) is 1. The van der Waals surface area contributed by atoms with Crippen molar-refractivity contribution < 1.29 is 17.7 Å². The van der Waals surface area contributed by atoms with Crippen LogP contribution >= 0.6 is 0 Å². The molecule has 0 saturated carbocycles. The topological polar surface area (TPSA) is 94.3 Å². The zero-order valence-corrected chi connectivity index (χ0v) is 14.1. The van der Waals surface area contributed by atoms with E-state index in [9.17, 15) is 8.42 Å². The first-order valence-corrected chi connectivity index (χ1v) is 8.86. The molecule has 0 aliphatic heterocycles. The maximum absolute atomic E-state index is 12.3. The lowest BCUT2D eigenvalue weighted by molar-refractivity contribution is 0.326. The minimum Gasteiger partial charge on any atom is -0.490 e. The molecule has 0 aliphatic carbocycles. The first-order chi connectivity index (χ1) is 11.5. The maximum Gasteiger partial charge on any atom is 0.246 e. The van der Waals surface area contributed by atoms with Crippen LogP contribution in [-0.4, -0.2) is 31.7 Å². The van der Waals surface area contributed by atoms with E-state index >= 15 is 0 Å². The molecule has 0 unspecified atom stereocenters. The molecule has 3 rings (SSSR count). The molecule has 0 saturated heterocycles. The summed E-state index contributed by atoms with van der Waals surface area (Å²) < 4.78 is 37.6. The number of hydrogen-bond donors (Lipinski definition) is 1. The number of nitrogens with zero attached hydrogens (tertiary/aromatic N) is 2. The van der Waals surface area contributed by atoms with Crippen LogP contribution in [0.1, 0.15) is 11.5 Å². The number of sulfonamides is 1. The van der Waals surface area contributed by atoms with Gasteiger partial charge in [-0.2, -0.15) is 0 Å². The number of benzene rings is 1. The summed E-state index contributed by atoms with van der Waals surface area (Å²) >= 11 is 0. The Morgan fingerprint density at radius 1 is 1.21 bits per heavy atom. The summed E-state index contributed by atoms with van der Waals surface area (Å²) in [7, 11) is -3.68. The van der Waals surface area contributed by atoms with E-state index in [1.165, 1.54) is 0 Å². The smallest absolute Gasteiger partial charge is 0.246 e. The Kier molecular flexibility index (Phi) is 4.50. The van der Waals surface area contributed by atoms with Gasteiger partial charge in [0.25, 0.3) is 0 Å². The predicted molar refractivity (Wildman–Crippen MR) is 88.4 cm³/mol. The fraction of sp³-hybridized carbons (Fsp3) is 0.250. The van der Waals surface area contributed by atoms with Gasteiger partial charge in [-0.1, -0.05) is 23.4 Å². The molecule has 3 aromatic rings. The summed E-state index contributed by atoms with van der Waals surface area (Å²) in [5.41, 5.74) is 1.08. The predicted octanol–water partition coefficient (Wildman–Crippen LogP) is 2.20. The first kappa shape index (κ1) is 16.4. The molecule has 0 amide bonds. The zero-order chi connectivity index (χ0) is 17.2. The second-order valence-electron chi connectivity index (χ2n) is 5.23. The average molecular weight is 347 g/mol. The van der Waals surface area contributed by atoms with E-state index in [1.807, 2.05) is 24.3 Å². The minimum absolute atomic E-state index is 0.0781. The Balaban J connectivity index is 1.65. The second-order valence-corrected chi connectivity index (χ2v) is 6.93. The molecule has 0 fully saturated rings. The van der Waals surface area contributed by atoms with Crippen LogP contribution in [0.5, 0.6) is 5.75 Å². The molecule has 126 valence electrons. The number of fused-ring (bicyclic) bond motifs is 1. The van der Waals surface area contributed by atoms with Crippen molar-refractivity contribution in [3.05, 3.63) is 48.0 Å². The summed E-state index contributed by atoms with van der Waals surface area (Å²) in [6.45, 7) is 3.45. The second kappa shape index (κ2) is 6.58. The van der Waals surface area contributed by atoms with Crippen molar-refractivity contribution in [1.82, 2.24) is 14.9 Å². The zero-order valence-electron chi connectivity index (χ0n) is 13.3. The molecular formula is C16H17N3O4S. The highest BCUT2D eigenvalue weighted by Gasteiger charge is 2.23. The van der Waals surface area contributed by atoms with Gasteiger partial charge in [0.1, 0.15) is 28.5 Å². The molecule has 0 atom stereocenters. The highest BCUT2D eigenvalue weighted by Crippen LogP contribution is 2.23. The van der Waals surface area contributed by atoms with Gasteiger partial charge in [-0.15, -0.1) is 0 Å². The van der Waals surface area contributed by atoms with Crippen molar-refractivity contribution >= 4 is 20.9 Å². The lowest BCUT2D eigenvalue weighted by Gasteiger charge is -2.09. The number of para-hydroxylation sites is 1. The summed E-state index contributed by atoms with van der Waals surface area (Å²) in [6, 6.07) is 9.40. The van der Waals surface area contributed by atoms with E-state index in [0.29, 0.717) is 11.4 Å². The third-order valence-electron chi connectivity index (χ3n) is 3.48. The fourth-order valence-corrected chi connectivity index (χ4v) is 3.80. The van der Waals surface area contributed by atoms with Crippen molar-refractivity contribution in [3.63, 3.8) is 0 Å². The number of hydrogen-bond acceptors (Lipinski definition) is 6. The summed E-state index contributed by atoms with van der Waals surface area (Å²) in [5, 5.41) is 4.62. The Morgan fingerprint density at radius 2 is 2.00 bits per heavy atom. The van der Waals surface area contributed by atoms with Crippen molar-refractivity contribution in [3.8, 4) is 5.75 Å². The lowest BCUT2D eigenvalue weighted by Crippen LogP contribution is -2.29. The van der Waals surface area contributed by atoms with Crippen LogP contribution < -0.4 is 9.46 Å². The average Bonchev–Trinajstić information content (AvgIpc) is 2.91. The van der Waals surface area contributed by atoms with Crippen LogP contribution in [0, 0.1) is 13.8 Å². The molecule has 24 heavy (non-hydrogen) atoms. The van der Waals surface area contributed by atoms with Gasteiger partial charge >= 0.3 is 0 Å². The number of ether oxygens (including phenoxy) is 1. The van der Waals surface area contributed by atoms with Gasteiger partial charge in [-0.25, -0.2) is 13.1 Å². The standard InChI is InChI=1S/C16H17N3O4S/c1-11-16(12(2)23-19-11)24(20,21)18-9-10-22-14-7-3-5-13-6-4-8-17-15(13)14/h3-8,18H,9-10H2,1-2H3. The molecule has 0 radical (unpaired) electrons. The SMILES string of the molecule is Cc1noc(C)c1S(=O)(=O)NCCOc1cccc2cccnc12. The molecule has 0 bridgehead atoms. The molecule has 2 heterocycles. The van der Waals surface area contributed by atoms with E-state index in [1.54, 1.807) is 26.1 Å². The maximum atomic E-state index is 12.3. The summed E-state index contributed by atoms with van der Waals surface area (Å²) in [4.78, 5) is 4.37. The Hall–Kier alpha value is -2.45. The van der Waals surface area contributed by atoms with Crippen molar-refractivity contribution in [2.45, 2.75) is 18.7 Å². The Labute approximate surface area is 139 Å². The van der Waals surface area contributed by atoms with Gasteiger partial charge < -0.3 is 9.26 Å². The first-order valence-electron chi connectivity index (χ1n) is 7.38. The number of aryl methyl sites for hydroxylation is 2. The van der Waals surface area contributed by atoms with E-state index < -0.39 is 10.0 Å². The van der Waals surface area contributed by atoms with Gasteiger partial charge in [0.15, 0.2) is 5.76 Å². The minimum atomic E-state index is -3.68. The molecule has 8 heteroatoms. The van der Waals surface area contributed by atoms with Crippen molar-refractivity contribution in [2.75, 3.05) is 13.2 Å². The highest BCUT2D eigenvalue weighted by molar-refractivity contribution is 7.89. The van der Waals surface area contributed by atoms with Crippen molar-refractivity contribution in [2.24, 2.45) is 0 Å². The van der Waals surface area contributed by atoms with E-state index in [4.69, 9.17) is 9.26 Å². The third-order valence-corrected chi connectivity index (χ3v) is 5.19. The van der Waals surface area contributed by atoms with Crippen LogP contribution in [0.2, 0.25) is 0 Å². The van der Waals surface area contributed by atoms with Crippen LogP contribution in [-0.2, 0) is 10.0 Å². The quantitative estimate of drug-likeness (QED) is 0.687. The molecule has 1 aromatic carbocycles. The van der Waals surface area contributed by atoms with Gasteiger partial charge in [0.2, 0.25) is 10.0 Å². The largest absolute Gasteiger partial charge is 0.490 e. The molecule has 1 N–H and O–H groups in total. The molecule has 2 aromatic heterocycles. The summed E-state index contributed by atoms with van der Waals surface area (Å²) in [6.07, 6.45) is 1.69. The molecule has 0 aliphatic rings. The van der Waals surface area contributed by atoms with E-state index in [0.717, 1.165) is 10.9 Å². The fourth-order valence-electron chi connectivity index (χ4n) is 2.46. The number of aromatic nitrogens is 2. The molecule has 0 spiro atoms. The van der Waals surface area contributed by atoms with Gasteiger partial charge in [0, 0.05) is 18.1 Å². The Bertz CT molecular complexity index is 942. The van der Waals surface area contributed by atoms with Crippen molar-refractivity contribution in [1.29, 1.82) is 0 Å².